The van der Waals surface area contributed by atoms with Crippen molar-refractivity contribution in [2.24, 2.45) is 5.92 Å². The average Bonchev–Trinajstić information content (AvgIpc) is 2.79. The Morgan fingerprint density at radius 1 is 1.12 bits per heavy atom. The molecule has 2 amide bonds. The molecule has 2 rings (SSSR count). The van der Waals surface area contributed by atoms with Crippen LogP contribution in [0.2, 0.25) is 10.0 Å². The number of hydrogen-bond donors (Lipinski definition) is 1. The Balaban J connectivity index is 2.18. The summed E-state index contributed by atoms with van der Waals surface area (Å²) in [5.41, 5.74) is 1.71. The van der Waals surface area contributed by atoms with E-state index in [9.17, 15) is 9.59 Å². The van der Waals surface area contributed by atoms with Crippen molar-refractivity contribution in [3.8, 4) is 5.75 Å². The van der Waals surface area contributed by atoms with Crippen LogP contribution in [0.5, 0.6) is 5.75 Å². The molecule has 0 aromatic heterocycles. The van der Waals surface area contributed by atoms with Crippen LogP contribution in [0.1, 0.15) is 38.3 Å². The Labute approximate surface area is 211 Å². The molecule has 0 saturated heterocycles. The van der Waals surface area contributed by atoms with Crippen LogP contribution >= 0.6 is 35.0 Å². The first-order valence-electron chi connectivity index (χ1n) is 11.0. The van der Waals surface area contributed by atoms with Gasteiger partial charge in [-0.15, -0.1) is 11.8 Å². The summed E-state index contributed by atoms with van der Waals surface area (Å²) in [6, 6.07) is 12.3. The van der Waals surface area contributed by atoms with Gasteiger partial charge in [-0.1, -0.05) is 62.2 Å². The van der Waals surface area contributed by atoms with Gasteiger partial charge in [0.2, 0.25) is 11.8 Å². The summed E-state index contributed by atoms with van der Waals surface area (Å²) >= 11 is 14.0. The van der Waals surface area contributed by atoms with Gasteiger partial charge in [-0.2, -0.15) is 0 Å². The summed E-state index contributed by atoms with van der Waals surface area (Å²) in [5.74, 6) is 1.50. The lowest BCUT2D eigenvalue weighted by molar-refractivity contribution is -0.139. The van der Waals surface area contributed by atoms with Crippen LogP contribution in [-0.2, 0) is 21.9 Å². The molecule has 2 aromatic carbocycles. The molecular formula is C25H32Cl2N2O3S. The minimum atomic E-state index is -0.563. The number of carbonyl (C=O) groups is 2. The van der Waals surface area contributed by atoms with E-state index in [0.717, 1.165) is 11.1 Å². The Hall–Kier alpha value is -1.89. The first-order valence-corrected chi connectivity index (χ1v) is 12.9. The van der Waals surface area contributed by atoms with Gasteiger partial charge in [0.15, 0.2) is 0 Å². The van der Waals surface area contributed by atoms with Gasteiger partial charge in [-0.3, -0.25) is 9.59 Å². The van der Waals surface area contributed by atoms with Crippen LogP contribution in [0.3, 0.4) is 0 Å². The third-order valence-electron chi connectivity index (χ3n) is 5.09. The molecule has 0 aliphatic carbocycles. The number of ether oxygens (including phenoxy) is 1. The number of halogens is 2. The Kier molecular flexibility index (Phi) is 11.4. The van der Waals surface area contributed by atoms with Crippen LogP contribution < -0.4 is 10.1 Å². The monoisotopic (exact) mass is 510 g/mol. The SMILES string of the molecule is CC[C@H](C(=O)NCC(C)C)N(Cc1cccc(OC)c1)C(=O)CSCc1c(Cl)cccc1Cl. The van der Waals surface area contributed by atoms with E-state index >= 15 is 0 Å². The van der Waals surface area contributed by atoms with Gasteiger partial charge in [-0.05, 0) is 47.7 Å². The molecule has 2 aromatic rings. The Morgan fingerprint density at radius 2 is 1.79 bits per heavy atom. The summed E-state index contributed by atoms with van der Waals surface area (Å²) in [6.07, 6.45) is 0.515. The molecule has 180 valence electrons. The quantitative estimate of drug-likeness (QED) is 0.391. The molecule has 33 heavy (non-hydrogen) atoms. The number of nitrogens with zero attached hydrogens (tertiary/aromatic N) is 1. The number of rotatable bonds is 12. The maximum absolute atomic E-state index is 13.3. The van der Waals surface area contributed by atoms with Crippen molar-refractivity contribution in [1.29, 1.82) is 0 Å². The highest BCUT2D eigenvalue weighted by molar-refractivity contribution is 7.99. The maximum atomic E-state index is 13.3. The maximum Gasteiger partial charge on any atom is 0.242 e. The minimum Gasteiger partial charge on any atom is -0.497 e. The fraction of sp³-hybridized carbons (Fsp3) is 0.440. The largest absolute Gasteiger partial charge is 0.497 e. The second-order valence-corrected chi connectivity index (χ2v) is 9.93. The molecule has 0 bridgehead atoms. The van der Waals surface area contributed by atoms with E-state index in [0.29, 0.717) is 47.0 Å². The topological polar surface area (TPSA) is 58.6 Å². The number of amides is 2. The zero-order chi connectivity index (χ0) is 24.4. The molecule has 0 saturated carbocycles. The molecule has 0 aliphatic heterocycles. The van der Waals surface area contributed by atoms with Gasteiger partial charge >= 0.3 is 0 Å². The summed E-state index contributed by atoms with van der Waals surface area (Å²) < 4.78 is 5.32. The molecule has 0 heterocycles. The van der Waals surface area contributed by atoms with Gasteiger partial charge in [0.25, 0.3) is 0 Å². The summed E-state index contributed by atoms with van der Waals surface area (Å²) in [6.45, 7) is 6.88. The summed E-state index contributed by atoms with van der Waals surface area (Å²) in [4.78, 5) is 27.9. The Morgan fingerprint density at radius 3 is 2.39 bits per heavy atom. The number of thioether (sulfide) groups is 1. The van der Waals surface area contributed by atoms with Crippen LogP contribution in [0.4, 0.5) is 0 Å². The van der Waals surface area contributed by atoms with E-state index < -0.39 is 6.04 Å². The van der Waals surface area contributed by atoms with Gasteiger partial charge in [-0.25, -0.2) is 0 Å². The lowest BCUT2D eigenvalue weighted by Gasteiger charge is -2.31. The van der Waals surface area contributed by atoms with E-state index in [2.05, 4.69) is 5.32 Å². The standard InChI is InChI=1S/C25H32Cl2N2O3S/c1-5-23(25(31)28-13-17(2)3)29(14-18-8-6-9-19(12-18)32-4)24(30)16-33-15-20-21(26)10-7-11-22(20)27/h6-12,17,23H,5,13-16H2,1-4H3,(H,28,31)/t23-/m1/s1. The van der Waals surface area contributed by atoms with E-state index in [1.807, 2.05) is 45.0 Å². The highest BCUT2D eigenvalue weighted by Gasteiger charge is 2.28. The highest BCUT2D eigenvalue weighted by atomic mass is 35.5. The van der Waals surface area contributed by atoms with Crippen molar-refractivity contribution < 1.29 is 14.3 Å². The number of methoxy groups -OCH3 is 1. The van der Waals surface area contributed by atoms with E-state index in [4.69, 9.17) is 27.9 Å². The molecule has 0 unspecified atom stereocenters. The average molecular weight is 512 g/mol. The van der Waals surface area contributed by atoms with E-state index in [1.54, 1.807) is 30.2 Å². The first kappa shape index (κ1) is 27.4. The number of carbonyl (C=O) groups excluding carboxylic acids is 2. The predicted octanol–water partition coefficient (Wildman–Crippen LogP) is 5.81. The number of nitrogens with one attached hydrogen (secondary N) is 1. The molecule has 0 aliphatic rings. The normalized spacial score (nSPS) is 11.8. The third-order valence-corrected chi connectivity index (χ3v) is 6.74. The number of hydrogen-bond acceptors (Lipinski definition) is 4. The van der Waals surface area contributed by atoms with Crippen molar-refractivity contribution in [2.45, 2.75) is 45.5 Å². The van der Waals surface area contributed by atoms with Gasteiger partial charge < -0.3 is 15.0 Å². The molecule has 1 N–H and O–H groups in total. The van der Waals surface area contributed by atoms with Crippen LogP contribution in [0, 0.1) is 5.92 Å². The van der Waals surface area contributed by atoms with Crippen molar-refractivity contribution in [2.75, 3.05) is 19.4 Å². The fourth-order valence-corrected chi connectivity index (χ4v) is 4.95. The summed E-state index contributed by atoms with van der Waals surface area (Å²) in [7, 11) is 1.60. The van der Waals surface area contributed by atoms with Crippen molar-refractivity contribution >= 4 is 46.8 Å². The molecule has 0 radical (unpaired) electrons. The van der Waals surface area contributed by atoms with E-state index in [-0.39, 0.29) is 17.6 Å². The fourth-order valence-electron chi connectivity index (χ4n) is 3.30. The predicted molar refractivity (Wildman–Crippen MR) is 138 cm³/mol. The van der Waals surface area contributed by atoms with Crippen LogP contribution in [0.15, 0.2) is 42.5 Å². The number of benzene rings is 2. The smallest absolute Gasteiger partial charge is 0.242 e. The van der Waals surface area contributed by atoms with Gasteiger partial charge in [0, 0.05) is 28.9 Å². The lowest BCUT2D eigenvalue weighted by atomic mass is 10.1. The molecule has 0 fully saturated rings. The second kappa shape index (κ2) is 13.7. The van der Waals surface area contributed by atoms with Gasteiger partial charge in [0.1, 0.15) is 11.8 Å². The highest BCUT2D eigenvalue weighted by Crippen LogP contribution is 2.28. The minimum absolute atomic E-state index is 0.113. The van der Waals surface area contributed by atoms with Gasteiger partial charge in [0.05, 0.1) is 12.9 Å². The lowest BCUT2D eigenvalue weighted by Crippen LogP contribution is -2.50. The molecule has 0 spiro atoms. The second-order valence-electron chi connectivity index (χ2n) is 8.13. The van der Waals surface area contributed by atoms with Crippen LogP contribution in [-0.4, -0.2) is 42.2 Å². The zero-order valence-corrected chi connectivity index (χ0v) is 21.9. The van der Waals surface area contributed by atoms with E-state index in [1.165, 1.54) is 11.8 Å². The molecule has 8 heteroatoms. The Bertz CT molecular complexity index is 919. The van der Waals surface area contributed by atoms with Crippen molar-refractivity contribution in [3.05, 3.63) is 63.6 Å². The molecular weight excluding hydrogens is 479 g/mol. The molecule has 5 nitrogen and oxygen atoms in total. The third kappa shape index (κ3) is 8.43. The first-order chi connectivity index (χ1) is 15.8. The zero-order valence-electron chi connectivity index (χ0n) is 19.6. The summed E-state index contributed by atoms with van der Waals surface area (Å²) in [5, 5.41) is 4.13. The van der Waals surface area contributed by atoms with Crippen molar-refractivity contribution in [1.82, 2.24) is 10.2 Å². The molecule has 1 atom stereocenters. The van der Waals surface area contributed by atoms with Crippen molar-refractivity contribution in [3.63, 3.8) is 0 Å². The van der Waals surface area contributed by atoms with Crippen LogP contribution in [0.25, 0.3) is 0 Å².